The number of halogens is 2. The van der Waals surface area contributed by atoms with E-state index in [0.29, 0.717) is 7.14 Å². The van der Waals surface area contributed by atoms with Gasteiger partial charge in [0.05, 0.1) is 20.4 Å². The van der Waals surface area contributed by atoms with E-state index in [9.17, 15) is 14.5 Å². The molecular formula is C17H26I2NO6P. The van der Waals surface area contributed by atoms with Crippen molar-refractivity contribution in [3.05, 3.63) is 24.8 Å². The van der Waals surface area contributed by atoms with Crippen LogP contribution in [-0.4, -0.2) is 35.8 Å². The lowest BCUT2D eigenvalue weighted by Gasteiger charge is -2.28. The van der Waals surface area contributed by atoms with Crippen LogP contribution in [0.4, 0.5) is 4.79 Å². The number of amides is 1. The number of rotatable bonds is 8. The first-order chi connectivity index (χ1) is 12.4. The molecule has 1 aromatic carbocycles. The zero-order chi connectivity index (χ0) is 20.8. The highest BCUT2D eigenvalue weighted by atomic mass is 127. The Kier molecular flexibility index (Phi) is 9.80. The maximum Gasteiger partial charge on any atom is 0.408 e. The summed E-state index contributed by atoms with van der Waals surface area (Å²) in [6.45, 7) is 9.01. The average Bonchev–Trinajstić information content (AvgIpc) is 2.50. The van der Waals surface area contributed by atoms with Gasteiger partial charge in [-0.15, -0.1) is 0 Å². The summed E-state index contributed by atoms with van der Waals surface area (Å²) in [4.78, 5) is 12.3. The summed E-state index contributed by atoms with van der Waals surface area (Å²) in [5.41, 5.74) is 0.0846. The largest absolute Gasteiger partial charge is 0.506 e. The number of alkyl carbamates (subject to hydrolysis) is 1. The van der Waals surface area contributed by atoms with Gasteiger partial charge in [0.15, 0.2) is 0 Å². The summed E-state index contributed by atoms with van der Waals surface area (Å²) in [6, 6.07) is 3.54. The van der Waals surface area contributed by atoms with Crippen LogP contribution in [0.1, 0.15) is 40.2 Å². The maximum atomic E-state index is 13.3. The maximum absolute atomic E-state index is 13.3. The van der Waals surface area contributed by atoms with Gasteiger partial charge in [-0.25, -0.2) is 4.79 Å². The van der Waals surface area contributed by atoms with Crippen molar-refractivity contribution in [3.8, 4) is 5.75 Å². The van der Waals surface area contributed by atoms with E-state index in [2.05, 4.69) is 5.32 Å². The molecule has 0 heterocycles. The predicted octanol–water partition coefficient (Wildman–Crippen LogP) is 5.26. The Hall–Kier alpha value is -0.100. The molecule has 0 fully saturated rings. The van der Waals surface area contributed by atoms with E-state index in [4.69, 9.17) is 13.8 Å². The number of aromatic hydroxyl groups is 1. The van der Waals surface area contributed by atoms with Crippen LogP contribution < -0.4 is 5.32 Å². The quantitative estimate of drug-likeness (QED) is 0.303. The van der Waals surface area contributed by atoms with Crippen LogP contribution >= 0.6 is 52.8 Å². The van der Waals surface area contributed by atoms with Crippen molar-refractivity contribution in [1.29, 1.82) is 0 Å². The Morgan fingerprint density at radius 1 is 1.19 bits per heavy atom. The molecule has 0 spiro atoms. The van der Waals surface area contributed by atoms with Gasteiger partial charge in [0, 0.05) is 6.42 Å². The fourth-order valence-corrected chi connectivity index (χ4v) is 5.97. The van der Waals surface area contributed by atoms with Crippen molar-refractivity contribution in [2.45, 2.75) is 52.4 Å². The van der Waals surface area contributed by atoms with Gasteiger partial charge < -0.3 is 24.2 Å². The second kappa shape index (κ2) is 10.6. The Morgan fingerprint density at radius 2 is 1.67 bits per heavy atom. The molecule has 1 rings (SSSR count). The van der Waals surface area contributed by atoms with Gasteiger partial charge in [-0.2, -0.15) is 0 Å². The SMILES string of the molecule is CCOP(=O)(OCC)C(Cc1cc(I)c(O)c(I)c1)NC(=O)OC(C)(C)C. The fraction of sp³-hybridized carbons (Fsp3) is 0.588. The van der Waals surface area contributed by atoms with Crippen molar-refractivity contribution >= 4 is 58.9 Å². The minimum atomic E-state index is -3.64. The molecule has 0 aliphatic rings. The monoisotopic (exact) mass is 625 g/mol. The Labute approximate surface area is 187 Å². The van der Waals surface area contributed by atoms with Crippen molar-refractivity contribution in [3.63, 3.8) is 0 Å². The van der Waals surface area contributed by atoms with E-state index in [1.807, 2.05) is 45.2 Å². The number of ether oxygens (including phenoxy) is 1. The lowest BCUT2D eigenvalue weighted by atomic mass is 10.1. The van der Waals surface area contributed by atoms with Crippen LogP contribution in [-0.2, 0) is 24.8 Å². The molecule has 27 heavy (non-hydrogen) atoms. The van der Waals surface area contributed by atoms with Gasteiger partial charge in [-0.05, 0) is 97.5 Å². The van der Waals surface area contributed by atoms with E-state index in [1.165, 1.54) is 0 Å². The third-order valence-electron chi connectivity index (χ3n) is 3.19. The Bertz CT molecular complexity index is 674. The van der Waals surface area contributed by atoms with Gasteiger partial charge in [0.1, 0.15) is 17.1 Å². The second-order valence-electron chi connectivity index (χ2n) is 6.65. The van der Waals surface area contributed by atoms with E-state index >= 15 is 0 Å². The van der Waals surface area contributed by atoms with Gasteiger partial charge in [0.25, 0.3) is 0 Å². The van der Waals surface area contributed by atoms with Gasteiger partial charge in [-0.1, -0.05) is 0 Å². The third kappa shape index (κ3) is 8.04. The molecule has 0 bridgehead atoms. The molecule has 0 saturated heterocycles. The first-order valence-corrected chi connectivity index (χ1v) is 12.2. The summed E-state index contributed by atoms with van der Waals surface area (Å²) < 4.78 is 30.8. The summed E-state index contributed by atoms with van der Waals surface area (Å²) in [6.07, 6.45) is -0.502. The van der Waals surface area contributed by atoms with Gasteiger partial charge in [-0.3, -0.25) is 4.57 Å². The first kappa shape index (κ1) is 24.9. The van der Waals surface area contributed by atoms with Gasteiger partial charge in [0.2, 0.25) is 0 Å². The zero-order valence-corrected chi connectivity index (χ0v) is 21.3. The summed E-state index contributed by atoms with van der Waals surface area (Å²) in [5, 5.41) is 12.6. The molecule has 0 aliphatic heterocycles. The van der Waals surface area contributed by atoms with E-state index < -0.39 is 25.1 Å². The van der Waals surface area contributed by atoms with Crippen LogP contribution in [0, 0.1) is 7.14 Å². The molecule has 1 atom stereocenters. The Balaban J connectivity index is 3.20. The highest BCUT2D eigenvalue weighted by molar-refractivity contribution is 14.1. The summed E-state index contributed by atoms with van der Waals surface area (Å²) >= 11 is 4.04. The van der Waals surface area contributed by atoms with E-state index in [-0.39, 0.29) is 25.4 Å². The molecule has 0 aliphatic carbocycles. The van der Waals surface area contributed by atoms with Crippen LogP contribution in [0.5, 0.6) is 5.75 Å². The molecule has 1 aromatic rings. The number of benzene rings is 1. The smallest absolute Gasteiger partial charge is 0.408 e. The van der Waals surface area contributed by atoms with E-state index in [0.717, 1.165) is 5.56 Å². The standard InChI is InChI=1S/C17H26I2NO6P/c1-6-24-27(23,25-7-2)14(20-16(22)26-17(3,4)5)10-11-8-12(18)15(21)13(19)9-11/h8-9,14,21H,6-7,10H2,1-5H3,(H,20,22). The molecule has 1 unspecified atom stereocenters. The average molecular weight is 625 g/mol. The van der Waals surface area contributed by atoms with Gasteiger partial charge >= 0.3 is 13.7 Å². The molecule has 1 amide bonds. The number of hydrogen-bond donors (Lipinski definition) is 2. The van der Waals surface area contributed by atoms with Crippen LogP contribution in [0.3, 0.4) is 0 Å². The molecular weight excluding hydrogens is 599 g/mol. The molecule has 2 N–H and O–H groups in total. The van der Waals surface area contributed by atoms with E-state index in [1.54, 1.807) is 46.8 Å². The van der Waals surface area contributed by atoms with Crippen molar-refractivity contribution < 1.29 is 28.3 Å². The minimum Gasteiger partial charge on any atom is -0.506 e. The minimum absolute atomic E-state index is 0.175. The second-order valence-corrected chi connectivity index (χ2v) is 11.2. The summed E-state index contributed by atoms with van der Waals surface area (Å²) in [7, 11) is -3.64. The lowest BCUT2D eigenvalue weighted by Crippen LogP contribution is -2.41. The molecule has 154 valence electrons. The number of carbonyl (C=O) groups is 1. The molecule has 7 nitrogen and oxygen atoms in total. The molecule has 0 radical (unpaired) electrons. The third-order valence-corrected chi connectivity index (χ3v) is 7.14. The Morgan fingerprint density at radius 3 is 2.07 bits per heavy atom. The molecule has 10 heteroatoms. The number of carbonyl (C=O) groups excluding carboxylic acids is 1. The normalized spacial score (nSPS) is 13.3. The van der Waals surface area contributed by atoms with Crippen molar-refractivity contribution in [2.24, 2.45) is 0 Å². The zero-order valence-electron chi connectivity index (χ0n) is 16.0. The lowest BCUT2D eigenvalue weighted by molar-refractivity contribution is 0.0509. The highest BCUT2D eigenvalue weighted by Crippen LogP contribution is 2.53. The summed E-state index contributed by atoms with van der Waals surface area (Å²) in [5.74, 6) is -0.738. The van der Waals surface area contributed by atoms with Crippen molar-refractivity contribution in [1.82, 2.24) is 5.32 Å². The molecule has 0 aromatic heterocycles. The molecule has 0 saturated carbocycles. The number of phenolic OH excluding ortho intramolecular Hbond substituents is 1. The number of hydrogen-bond acceptors (Lipinski definition) is 6. The highest BCUT2D eigenvalue weighted by Gasteiger charge is 2.38. The first-order valence-electron chi connectivity index (χ1n) is 8.47. The topological polar surface area (TPSA) is 94.1 Å². The van der Waals surface area contributed by atoms with Crippen LogP contribution in [0.2, 0.25) is 0 Å². The number of phenols is 1. The predicted molar refractivity (Wildman–Crippen MR) is 121 cm³/mol. The van der Waals surface area contributed by atoms with Crippen LogP contribution in [0.15, 0.2) is 12.1 Å². The van der Waals surface area contributed by atoms with Crippen molar-refractivity contribution in [2.75, 3.05) is 13.2 Å². The number of nitrogens with one attached hydrogen (secondary N) is 1. The van der Waals surface area contributed by atoms with Crippen LogP contribution in [0.25, 0.3) is 0 Å². The fourth-order valence-electron chi connectivity index (χ4n) is 2.22.